The zero-order chi connectivity index (χ0) is 13.8. The van der Waals surface area contributed by atoms with Crippen LogP contribution >= 0.6 is 11.3 Å². The number of hydrogen-bond donors (Lipinski definition) is 1. The van der Waals surface area contributed by atoms with E-state index in [1.54, 1.807) is 11.3 Å². The highest BCUT2D eigenvalue weighted by atomic mass is 32.1. The van der Waals surface area contributed by atoms with Gasteiger partial charge in [-0.2, -0.15) is 0 Å². The van der Waals surface area contributed by atoms with Gasteiger partial charge in [0.1, 0.15) is 0 Å². The summed E-state index contributed by atoms with van der Waals surface area (Å²) in [6.45, 7) is 8.58. The Bertz CT molecular complexity index is 605. The summed E-state index contributed by atoms with van der Waals surface area (Å²) in [5.74, 6) is 0. The van der Waals surface area contributed by atoms with E-state index in [1.807, 2.05) is 19.2 Å². The summed E-state index contributed by atoms with van der Waals surface area (Å²) in [4.78, 5) is 5.89. The maximum absolute atomic E-state index is 10.3. The molecule has 0 fully saturated rings. The normalized spacial score (nSPS) is 21.4. The van der Waals surface area contributed by atoms with Crippen LogP contribution in [0.2, 0.25) is 0 Å². The Morgan fingerprint density at radius 3 is 2.79 bits per heavy atom. The van der Waals surface area contributed by atoms with Crippen molar-refractivity contribution >= 4 is 11.3 Å². The van der Waals surface area contributed by atoms with Crippen molar-refractivity contribution in [3.8, 4) is 5.13 Å². The molecule has 0 radical (unpaired) electrons. The molecule has 19 heavy (non-hydrogen) atoms. The predicted octanol–water partition coefficient (Wildman–Crippen LogP) is 3.56. The molecule has 0 aliphatic heterocycles. The van der Waals surface area contributed by atoms with E-state index in [4.69, 9.17) is 0 Å². The summed E-state index contributed by atoms with van der Waals surface area (Å²) < 4.78 is 2.16. The molecule has 1 aliphatic carbocycles. The first-order valence-corrected chi connectivity index (χ1v) is 7.52. The molecular formula is C15H20N2OS. The molecule has 1 aliphatic rings. The molecule has 2 aromatic heterocycles. The van der Waals surface area contributed by atoms with Crippen LogP contribution in [-0.4, -0.2) is 14.7 Å². The zero-order valence-electron chi connectivity index (χ0n) is 11.9. The van der Waals surface area contributed by atoms with E-state index in [2.05, 4.69) is 30.3 Å². The highest BCUT2D eigenvalue weighted by Gasteiger charge is 2.33. The molecule has 0 aromatic carbocycles. The SMILES string of the molecule is Cc1nc(-n2ccc3c2CC(C)(C)CC3O)sc1C. The van der Waals surface area contributed by atoms with Crippen molar-refractivity contribution in [1.82, 2.24) is 9.55 Å². The van der Waals surface area contributed by atoms with E-state index in [1.165, 1.54) is 10.6 Å². The Morgan fingerprint density at radius 1 is 1.42 bits per heavy atom. The van der Waals surface area contributed by atoms with Gasteiger partial charge in [-0.15, -0.1) is 11.3 Å². The van der Waals surface area contributed by atoms with E-state index in [0.717, 1.165) is 29.2 Å². The molecule has 0 spiro atoms. The molecule has 3 rings (SSSR count). The maximum atomic E-state index is 10.3. The minimum atomic E-state index is -0.345. The second kappa shape index (κ2) is 4.18. The molecule has 2 heterocycles. The summed E-state index contributed by atoms with van der Waals surface area (Å²) >= 11 is 1.72. The smallest absolute Gasteiger partial charge is 0.194 e. The summed E-state index contributed by atoms with van der Waals surface area (Å²) in [6.07, 6.45) is 3.53. The van der Waals surface area contributed by atoms with Crippen molar-refractivity contribution < 1.29 is 5.11 Å². The molecular weight excluding hydrogens is 256 g/mol. The van der Waals surface area contributed by atoms with Gasteiger partial charge in [-0.1, -0.05) is 13.8 Å². The second-order valence-corrected chi connectivity index (χ2v) is 7.47. The van der Waals surface area contributed by atoms with Crippen molar-refractivity contribution in [2.24, 2.45) is 5.41 Å². The van der Waals surface area contributed by atoms with Gasteiger partial charge in [-0.05, 0) is 38.2 Å². The lowest BCUT2D eigenvalue weighted by atomic mass is 9.75. The highest BCUT2D eigenvalue weighted by molar-refractivity contribution is 7.14. The quantitative estimate of drug-likeness (QED) is 0.865. The third-order valence-corrected chi connectivity index (χ3v) is 5.07. The van der Waals surface area contributed by atoms with Crippen molar-refractivity contribution in [2.75, 3.05) is 0 Å². The number of aliphatic hydroxyl groups is 1. The summed E-state index contributed by atoms with van der Waals surface area (Å²) in [5, 5.41) is 11.3. The van der Waals surface area contributed by atoms with Gasteiger partial charge in [-0.3, -0.25) is 4.57 Å². The molecule has 0 saturated heterocycles. The van der Waals surface area contributed by atoms with Crippen molar-refractivity contribution in [1.29, 1.82) is 0 Å². The van der Waals surface area contributed by atoms with Gasteiger partial charge in [0.05, 0.1) is 11.8 Å². The standard InChI is InChI=1S/C15H20N2OS/c1-9-10(2)19-14(16-9)17-6-5-11-12(17)7-15(3,4)8-13(11)18/h5-6,13,18H,7-8H2,1-4H3. The van der Waals surface area contributed by atoms with Crippen molar-refractivity contribution in [3.63, 3.8) is 0 Å². The molecule has 1 N–H and O–H groups in total. The predicted molar refractivity (Wildman–Crippen MR) is 78.0 cm³/mol. The van der Waals surface area contributed by atoms with E-state index >= 15 is 0 Å². The average molecular weight is 276 g/mol. The van der Waals surface area contributed by atoms with Gasteiger partial charge in [0.25, 0.3) is 0 Å². The van der Waals surface area contributed by atoms with Gasteiger partial charge >= 0.3 is 0 Å². The third-order valence-electron chi connectivity index (χ3n) is 4.00. The lowest BCUT2D eigenvalue weighted by Gasteiger charge is -2.33. The lowest BCUT2D eigenvalue weighted by Crippen LogP contribution is -2.26. The summed E-state index contributed by atoms with van der Waals surface area (Å²) in [7, 11) is 0. The zero-order valence-corrected chi connectivity index (χ0v) is 12.7. The summed E-state index contributed by atoms with van der Waals surface area (Å²) in [5.41, 5.74) is 3.53. The van der Waals surface area contributed by atoms with Crippen LogP contribution in [0.5, 0.6) is 0 Å². The fourth-order valence-corrected chi connectivity index (χ4v) is 3.79. The topological polar surface area (TPSA) is 38.0 Å². The van der Waals surface area contributed by atoms with Crippen LogP contribution < -0.4 is 0 Å². The number of rotatable bonds is 1. The molecule has 4 heteroatoms. The summed E-state index contributed by atoms with van der Waals surface area (Å²) in [6, 6.07) is 2.04. The van der Waals surface area contributed by atoms with Crippen molar-refractivity contribution in [3.05, 3.63) is 34.1 Å². The number of thiazole rings is 1. The Morgan fingerprint density at radius 2 is 2.16 bits per heavy atom. The van der Waals surface area contributed by atoms with Crippen molar-refractivity contribution in [2.45, 2.75) is 46.6 Å². The Hall–Kier alpha value is -1.13. The molecule has 102 valence electrons. The number of aryl methyl sites for hydroxylation is 2. The third kappa shape index (κ3) is 2.13. The Labute approximate surface area is 117 Å². The Balaban J connectivity index is 2.10. The maximum Gasteiger partial charge on any atom is 0.194 e. The minimum Gasteiger partial charge on any atom is -0.388 e. The van der Waals surface area contributed by atoms with Crippen LogP contribution in [0.4, 0.5) is 0 Å². The molecule has 1 atom stereocenters. The van der Waals surface area contributed by atoms with Crippen LogP contribution in [0.1, 0.15) is 48.2 Å². The molecule has 0 bridgehead atoms. The monoisotopic (exact) mass is 276 g/mol. The average Bonchev–Trinajstić information content (AvgIpc) is 2.82. The number of aromatic nitrogens is 2. The van der Waals surface area contributed by atoms with Crippen LogP contribution in [0.15, 0.2) is 12.3 Å². The van der Waals surface area contributed by atoms with Gasteiger partial charge in [0.2, 0.25) is 0 Å². The second-order valence-electron chi connectivity index (χ2n) is 6.29. The van der Waals surface area contributed by atoms with Crippen LogP contribution in [0, 0.1) is 19.3 Å². The molecule has 3 nitrogen and oxygen atoms in total. The molecule has 1 unspecified atom stereocenters. The molecule has 0 amide bonds. The van der Waals surface area contributed by atoms with Crippen LogP contribution in [-0.2, 0) is 6.42 Å². The fourth-order valence-electron chi connectivity index (χ4n) is 2.87. The van der Waals surface area contributed by atoms with Gasteiger partial charge < -0.3 is 5.11 Å². The van der Waals surface area contributed by atoms with Gasteiger partial charge in [0, 0.05) is 22.3 Å². The number of fused-ring (bicyclic) bond motifs is 1. The van der Waals surface area contributed by atoms with Crippen LogP contribution in [0.25, 0.3) is 5.13 Å². The highest BCUT2D eigenvalue weighted by Crippen LogP contribution is 2.42. The van der Waals surface area contributed by atoms with E-state index in [0.29, 0.717) is 0 Å². The fraction of sp³-hybridized carbons (Fsp3) is 0.533. The minimum absolute atomic E-state index is 0.143. The number of nitrogens with zero attached hydrogens (tertiary/aromatic N) is 2. The first kappa shape index (κ1) is 12.9. The lowest BCUT2D eigenvalue weighted by molar-refractivity contribution is 0.0987. The molecule has 2 aromatic rings. The Kier molecular flexibility index (Phi) is 2.84. The molecule has 0 saturated carbocycles. The largest absolute Gasteiger partial charge is 0.388 e. The first-order chi connectivity index (χ1) is 8.87. The van der Waals surface area contributed by atoms with E-state index in [-0.39, 0.29) is 11.5 Å². The van der Waals surface area contributed by atoms with E-state index < -0.39 is 0 Å². The number of aliphatic hydroxyl groups excluding tert-OH is 1. The van der Waals surface area contributed by atoms with E-state index in [9.17, 15) is 5.11 Å². The van der Waals surface area contributed by atoms with Gasteiger partial charge in [0.15, 0.2) is 5.13 Å². The first-order valence-electron chi connectivity index (χ1n) is 6.70. The van der Waals surface area contributed by atoms with Gasteiger partial charge in [-0.25, -0.2) is 4.98 Å². The van der Waals surface area contributed by atoms with Crippen LogP contribution in [0.3, 0.4) is 0 Å². The number of hydrogen-bond acceptors (Lipinski definition) is 3.